The zero-order valence-corrected chi connectivity index (χ0v) is 8.27. The Kier molecular flexibility index (Phi) is 3.48. The lowest BCUT2D eigenvalue weighted by Gasteiger charge is -2.37. The Morgan fingerprint density at radius 3 is 2.69 bits per heavy atom. The Labute approximate surface area is 79.4 Å². The van der Waals surface area contributed by atoms with Crippen LogP contribution in [0.2, 0.25) is 0 Å². The van der Waals surface area contributed by atoms with E-state index in [1.54, 1.807) is 11.9 Å². The van der Waals surface area contributed by atoms with Crippen LogP contribution in [-0.2, 0) is 9.53 Å². The number of ether oxygens (including phenoxy) is 1. The fourth-order valence-electron chi connectivity index (χ4n) is 1.79. The molecule has 0 aromatic carbocycles. The first kappa shape index (κ1) is 10.3. The fourth-order valence-corrected chi connectivity index (χ4v) is 1.79. The third-order valence-corrected chi connectivity index (χ3v) is 2.63. The van der Waals surface area contributed by atoms with E-state index < -0.39 is 0 Å². The topological polar surface area (TPSA) is 29.5 Å². The van der Waals surface area contributed by atoms with Crippen LogP contribution in [0.4, 0.5) is 0 Å². The second-order valence-electron chi connectivity index (χ2n) is 3.53. The van der Waals surface area contributed by atoms with E-state index in [-0.39, 0.29) is 18.2 Å². The highest BCUT2D eigenvalue weighted by Crippen LogP contribution is 2.22. The second-order valence-corrected chi connectivity index (χ2v) is 3.53. The van der Waals surface area contributed by atoms with E-state index >= 15 is 0 Å². The molecule has 3 nitrogen and oxygen atoms in total. The second kappa shape index (κ2) is 4.42. The SMILES string of the molecule is C=C[C@H]1CC[C@H](N(C)C=O)[C@@H](C)O1. The summed E-state index contributed by atoms with van der Waals surface area (Å²) >= 11 is 0. The van der Waals surface area contributed by atoms with Crippen LogP contribution in [-0.4, -0.2) is 36.6 Å². The van der Waals surface area contributed by atoms with Crippen molar-refractivity contribution in [3.8, 4) is 0 Å². The van der Waals surface area contributed by atoms with Crippen LogP contribution in [0.15, 0.2) is 12.7 Å². The average Bonchev–Trinajstić information content (AvgIpc) is 2.16. The summed E-state index contributed by atoms with van der Waals surface area (Å²) in [6.45, 7) is 5.70. The summed E-state index contributed by atoms with van der Waals surface area (Å²) in [7, 11) is 1.80. The Bertz CT molecular complexity index is 193. The van der Waals surface area contributed by atoms with Gasteiger partial charge in [0.2, 0.25) is 6.41 Å². The maximum absolute atomic E-state index is 10.6. The summed E-state index contributed by atoms with van der Waals surface area (Å²) in [6.07, 6.45) is 4.90. The van der Waals surface area contributed by atoms with E-state index in [2.05, 4.69) is 6.58 Å². The number of amides is 1. The van der Waals surface area contributed by atoms with Crippen molar-refractivity contribution in [2.75, 3.05) is 7.05 Å². The molecule has 3 atom stereocenters. The van der Waals surface area contributed by atoms with Gasteiger partial charge in [-0.05, 0) is 19.8 Å². The molecule has 1 aliphatic heterocycles. The molecule has 13 heavy (non-hydrogen) atoms. The molecule has 74 valence electrons. The van der Waals surface area contributed by atoms with Crippen LogP contribution in [0.25, 0.3) is 0 Å². The molecule has 0 aromatic rings. The number of hydrogen-bond donors (Lipinski definition) is 0. The van der Waals surface area contributed by atoms with Crippen LogP contribution in [0.3, 0.4) is 0 Å². The van der Waals surface area contributed by atoms with Gasteiger partial charge in [0.1, 0.15) is 0 Å². The molecular weight excluding hydrogens is 166 g/mol. The molecule has 1 heterocycles. The average molecular weight is 183 g/mol. The summed E-state index contributed by atoms with van der Waals surface area (Å²) in [5.74, 6) is 0. The van der Waals surface area contributed by atoms with Gasteiger partial charge in [0.15, 0.2) is 0 Å². The van der Waals surface area contributed by atoms with E-state index in [4.69, 9.17) is 4.74 Å². The van der Waals surface area contributed by atoms with Gasteiger partial charge in [-0.25, -0.2) is 0 Å². The van der Waals surface area contributed by atoms with Crippen molar-refractivity contribution in [1.29, 1.82) is 0 Å². The first-order chi connectivity index (χ1) is 6.19. The molecule has 0 radical (unpaired) electrons. The summed E-state index contributed by atoms with van der Waals surface area (Å²) in [5, 5.41) is 0. The Morgan fingerprint density at radius 2 is 2.23 bits per heavy atom. The Hall–Kier alpha value is -0.830. The summed E-state index contributed by atoms with van der Waals surface area (Å²) in [5.41, 5.74) is 0. The maximum atomic E-state index is 10.6. The van der Waals surface area contributed by atoms with Crippen molar-refractivity contribution in [3.63, 3.8) is 0 Å². The number of hydrogen-bond acceptors (Lipinski definition) is 2. The Morgan fingerprint density at radius 1 is 1.54 bits per heavy atom. The smallest absolute Gasteiger partial charge is 0.209 e. The number of rotatable bonds is 3. The quantitative estimate of drug-likeness (QED) is 0.486. The van der Waals surface area contributed by atoms with Crippen molar-refractivity contribution in [2.24, 2.45) is 0 Å². The van der Waals surface area contributed by atoms with E-state index in [1.807, 2.05) is 13.0 Å². The molecular formula is C10H17NO2. The van der Waals surface area contributed by atoms with Crippen LogP contribution >= 0.6 is 0 Å². The molecule has 0 aromatic heterocycles. The third kappa shape index (κ3) is 2.31. The molecule has 1 saturated heterocycles. The normalized spacial score (nSPS) is 33.8. The van der Waals surface area contributed by atoms with Gasteiger partial charge >= 0.3 is 0 Å². The van der Waals surface area contributed by atoms with E-state index in [1.165, 1.54) is 0 Å². The van der Waals surface area contributed by atoms with Crippen molar-refractivity contribution >= 4 is 6.41 Å². The molecule has 0 aliphatic carbocycles. The molecule has 0 bridgehead atoms. The lowest BCUT2D eigenvalue weighted by atomic mass is 9.98. The van der Waals surface area contributed by atoms with E-state index in [0.29, 0.717) is 0 Å². The molecule has 1 amide bonds. The molecule has 1 rings (SSSR count). The molecule has 0 saturated carbocycles. The van der Waals surface area contributed by atoms with Crippen LogP contribution < -0.4 is 0 Å². The highest BCUT2D eigenvalue weighted by atomic mass is 16.5. The van der Waals surface area contributed by atoms with Gasteiger partial charge in [0.05, 0.1) is 18.2 Å². The predicted molar refractivity (Wildman–Crippen MR) is 51.4 cm³/mol. The van der Waals surface area contributed by atoms with Crippen LogP contribution in [0.1, 0.15) is 19.8 Å². The molecule has 0 unspecified atom stereocenters. The molecule has 3 heteroatoms. The minimum absolute atomic E-state index is 0.104. The monoisotopic (exact) mass is 183 g/mol. The van der Waals surface area contributed by atoms with Gasteiger partial charge in [-0.3, -0.25) is 4.79 Å². The first-order valence-corrected chi connectivity index (χ1v) is 4.64. The highest BCUT2D eigenvalue weighted by Gasteiger charge is 2.28. The summed E-state index contributed by atoms with van der Waals surface area (Å²) in [6, 6.07) is 0.216. The largest absolute Gasteiger partial charge is 0.369 e. The minimum Gasteiger partial charge on any atom is -0.369 e. The van der Waals surface area contributed by atoms with Crippen molar-refractivity contribution in [3.05, 3.63) is 12.7 Å². The zero-order chi connectivity index (χ0) is 9.84. The zero-order valence-electron chi connectivity index (χ0n) is 8.27. The molecule has 0 spiro atoms. The van der Waals surface area contributed by atoms with Crippen molar-refractivity contribution in [1.82, 2.24) is 4.90 Å². The first-order valence-electron chi connectivity index (χ1n) is 4.64. The fraction of sp³-hybridized carbons (Fsp3) is 0.700. The van der Waals surface area contributed by atoms with Gasteiger partial charge < -0.3 is 9.64 Å². The highest BCUT2D eigenvalue weighted by molar-refractivity contribution is 5.47. The number of carbonyl (C=O) groups is 1. The van der Waals surface area contributed by atoms with E-state index in [9.17, 15) is 4.79 Å². The summed E-state index contributed by atoms with van der Waals surface area (Å²) in [4.78, 5) is 12.2. The van der Waals surface area contributed by atoms with E-state index in [0.717, 1.165) is 19.3 Å². The predicted octanol–water partition coefficient (Wildman–Crippen LogP) is 1.20. The van der Waals surface area contributed by atoms with Crippen LogP contribution in [0.5, 0.6) is 0 Å². The van der Waals surface area contributed by atoms with Gasteiger partial charge in [-0.1, -0.05) is 6.08 Å². The third-order valence-electron chi connectivity index (χ3n) is 2.63. The van der Waals surface area contributed by atoms with Gasteiger partial charge in [-0.2, -0.15) is 0 Å². The standard InChI is InChI=1S/C10H17NO2/c1-4-9-5-6-10(8(2)13-9)11(3)7-12/h4,7-10H,1,5-6H2,2-3H3/t8-,9+,10+/m1/s1. The Balaban J connectivity index is 2.52. The lowest BCUT2D eigenvalue weighted by Crippen LogP contribution is -2.45. The van der Waals surface area contributed by atoms with Gasteiger partial charge in [0, 0.05) is 7.05 Å². The number of carbonyl (C=O) groups excluding carboxylic acids is 1. The summed E-state index contributed by atoms with van der Waals surface area (Å²) < 4.78 is 5.65. The molecule has 1 fully saturated rings. The molecule has 0 N–H and O–H groups in total. The molecule has 1 aliphatic rings. The van der Waals surface area contributed by atoms with Gasteiger partial charge in [-0.15, -0.1) is 6.58 Å². The minimum atomic E-state index is 0.104. The number of likely N-dealkylation sites (N-methyl/N-ethyl adjacent to an activating group) is 1. The van der Waals surface area contributed by atoms with Crippen LogP contribution in [0, 0.1) is 0 Å². The van der Waals surface area contributed by atoms with Crippen molar-refractivity contribution in [2.45, 2.75) is 38.0 Å². The van der Waals surface area contributed by atoms with Gasteiger partial charge in [0.25, 0.3) is 0 Å². The maximum Gasteiger partial charge on any atom is 0.209 e. The number of nitrogens with zero attached hydrogens (tertiary/aromatic N) is 1. The van der Waals surface area contributed by atoms with Crippen molar-refractivity contribution < 1.29 is 9.53 Å². The lowest BCUT2D eigenvalue weighted by molar-refractivity contribution is -0.126.